The Kier molecular flexibility index (Phi) is 6.80. The number of benzene rings is 3. The fraction of sp³-hybridized carbons (Fsp3) is 0.308. The minimum atomic E-state index is -0.862. The number of hydrogen-bond acceptors (Lipinski definition) is 4. The van der Waals surface area contributed by atoms with Gasteiger partial charge in [-0.25, -0.2) is 0 Å². The average Bonchev–Trinajstić information content (AvgIpc) is 2.80. The van der Waals surface area contributed by atoms with Gasteiger partial charge in [0.25, 0.3) is 0 Å². The van der Waals surface area contributed by atoms with Gasteiger partial charge >= 0.3 is 0 Å². The van der Waals surface area contributed by atoms with Gasteiger partial charge in [0.15, 0.2) is 6.29 Å². The summed E-state index contributed by atoms with van der Waals surface area (Å²) in [5.74, 6) is 0.817. The van der Waals surface area contributed by atoms with E-state index in [0.717, 1.165) is 48.4 Å². The van der Waals surface area contributed by atoms with Crippen LogP contribution in [0.1, 0.15) is 29.5 Å². The summed E-state index contributed by atoms with van der Waals surface area (Å²) in [6, 6.07) is 28.2. The van der Waals surface area contributed by atoms with Crippen LogP contribution < -0.4 is 10.1 Å². The Balaban J connectivity index is 1.36. The largest absolute Gasteiger partial charge is 0.489 e. The van der Waals surface area contributed by atoms with E-state index in [-0.39, 0.29) is 0 Å². The molecule has 1 heterocycles. The summed E-state index contributed by atoms with van der Waals surface area (Å²) in [6.45, 7) is 2.31. The van der Waals surface area contributed by atoms with Crippen molar-refractivity contribution in [3.8, 4) is 5.75 Å². The van der Waals surface area contributed by atoms with E-state index in [0.29, 0.717) is 13.0 Å². The third-order valence-electron chi connectivity index (χ3n) is 5.65. The molecular weight excluding hydrogens is 374 g/mol. The molecule has 0 amide bonds. The topological polar surface area (TPSA) is 50.7 Å². The lowest BCUT2D eigenvalue weighted by molar-refractivity contribution is -0.199. The van der Waals surface area contributed by atoms with Crippen molar-refractivity contribution in [1.29, 1.82) is 0 Å². The van der Waals surface area contributed by atoms with Gasteiger partial charge in [0, 0.05) is 6.42 Å². The van der Waals surface area contributed by atoms with E-state index in [2.05, 4.69) is 17.4 Å². The molecule has 0 bridgehead atoms. The Morgan fingerprint density at radius 2 is 1.43 bits per heavy atom. The zero-order valence-corrected chi connectivity index (χ0v) is 17.2. The third-order valence-corrected chi connectivity index (χ3v) is 5.65. The second-order valence-electron chi connectivity index (χ2n) is 7.81. The fourth-order valence-electron chi connectivity index (χ4n) is 4.01. The highest BCUT2D eigenvalue weighted by atomic mass is 16.6. The van der Waals surface area contributed by atoms with Crippen LogP contribution in [0.4, 0.5) is 0 Å². The van der Waals surface area contributed by atoms with Crippen LogP contribution in [0, 0.1) is 0 Å². The molecule has 0 spiro atoms. The maximum absolute atomic E-state index is 10.7. The van der Waals surface area contributed by atoms with E-state index in [1.54, 1.807) is 0 Å². The van der Waals surface area contributed by atoms with Gasteiger partial charge in [-0.15, -0.1) is 0 Å². The van der Waals surface area contributed by atoms with Crippen molar-refractivity contribution < 1.29 is 14.6 Å². The van der Waals surface area contributed by atoms with Crippen LogP contribution in [0.2, 0.25) is 0 Å². The first-order valence-electron chi connectivity index (χ1n) is 10.6. The highest BCUT2D eigenvalue weighted by Gasteiger charge is 2.36. The van der Waals surface area contributed by atoms with Gasteiger partial charge < -0.3 is 19.9 Å². The molecular formula is C26H29NO3. The number of ether oxygens (including phenoxy) is 2. The van der Waals surface area contributed by atoms with Crippen molar-refractivity contribution in [2.45, 2.75) is 37.8 Å². The molecule has 2 N–H and O–H groups in total. The molecule has 0 saturated carbocycles. The molecule has 4 heteroatoms. The quantitative estimate of drug-likeness (QED) is 0.547. The van der Waals surface area contributed by atoms with E-state index in [1.165, 1.54) is 0 Å². The highest BCUT2D eigenvalue weighted by molar-refractivity contribution is 5.28. The SMILES string of the molecule is OC(Cc1ccc(OCc2ccccc2)cc1)OC1(c2ccccc2)CCNCC1. The van der Waals surface area contributed by atoms with Gasteiger partial charge in [-0.05, 0) is 54.8 Å². The highest BCUT2D eigenvalue weighted by Crippen LogP contribution is 2.36. The maximum Gasteiger partial charge on any atom is 0.159 e. The minimum Gasteiger partial charge on any atom is -0.489 e. The third kappa shape index (κ3) is 5.28. The van der Waals surface area contributed by atoms with Crippen molar-refractivity contribution in [2.75, 3.05) is 13.1 Å². The lowest BCUT2D eigenvalue weighted by atomic mass is 9.84. The minimum absolute atomic E-state index is 0.440. The molecule has 4 rings (SSSR count). The summed E-state index contributed by atoms with van der Waals surface area (Å²) >= 11 is 0. The monoisotopic (exact) mass is 403 g/mol. The van der Waals surface area contributed by atoms with Crippen molar-refractivity contribution in [3.63, 3.8) is 0 Å². The lowest BCUT2D eigenvalue weighted by Crippen LogP contribution is -2.44. The second kappa shape index (κ2) is 9.90. The van der Waals surface area contributed by atoms with Crippen LogP contribution >= 0.6 is 0 Å². The Morgan fingerprint density at radius 3 is 2.10 bits per heavy atom. The van der Waals surface area contributed by atoms with E-state index < -0.39 is 11.9 Å². The Labute approximate surface area is 178 Å². The first kappa shape index (κ1) is 20.6. The summed E-state index contributed by atoms with van der Waals surface area (Å²) in [7, 11) is 0. The maximum atomic E-state index is 10.7. The molecule has 1 aliphatic rings. The number of piperidine rings is 1. The molecule has 1 atom stereocenters. The molecule has 156 valence electrons. The summed E-state index contributed by atoms with van der Waals surface area (Å²) < 4.78 is 12.1. The van der Waals surface area contributed by atoms with E-state index >= 15 is 0 Å². The standard InChI is InChI=1S/C26H29NO3/c28-25(30-26(15-17-27-18-16-26)23-9-5-2-6-10-23)19-21-11-13-24(14-12-21)29-20-22-7-3-1-4-8-22/h1-14,25,27-28H,15-20H2. The summed E-state index contributed by atoms with van der Waals surface area (Å²) in [5.41, 5.74) is 2.85. The molecule has 1 saturated heterocycles. The Bertz CT molecular complexity index is 891. The number of nitrogens with one attached hydrogen (secondary N) is 1. The van der Waals surface area contributed by atoms with Crippen molar-refractivity contribution >= 4 is 0 Å². The van der Waals surface area contributed by atoms with E-state index in [1.807, 2.05) is 72.8 Å². The molecule has 1 fully saturated rings. The molecule has 0 aliphatic carbocycles. The van der Waals surface area contributed by atoms with Gasteiger partial charge in [0.1, 0.15) is 12.4 Å². The smallest absolute Gasteiger partial charge is 0.159 e. The van der Waals surface area contributed by atoms with E-state index in [9.17, 15) is 5.11 Å². The van der Waals surface area contributed by atoms with Crippen molar-refractivity contribution in [2.24, 2.45) is 0 Å². The van der Waals surface area contributed by atoms with Crippen LogP contribution in [-0.2, 0) is 23.4 Å². The van der Waals surface area contributed by atoms with Gasteiger partial charge in [-0.2, -0.15) is 0 Å². The van der Waals surface area contributed by atoms with Gasteiger partial charge in [-0.1, -0.05) is 72.8 Å². The first-order chi connectivity index (χ1) is 14.7. The van der Waals surface area contributed by atoms with Gasteiger partial charge in [0.05, 0.1) is 5.60 Å². The predicted octanol–water partition coefficient (Wildman–Crippen LogP) is 4.42. The molecule has 3 aromatic carbocycles. The van der Waals surface area contributed by atoms with Crippen LogP contribution in [0.3, 0.4) is 0 Å². The Hall–Kier alpha value is -2.66. The van der Waals surface area contributed by atoms with E-state index in [4.69, 9.17) is 9.47 Å². The van der Waals surface area contributed by atoms with Crippen LogP contribution in [0.5, 0.6) is 5.75 Å². The fourth-order valence-corrected chi connectivity index (χ4v) is 4.01. The van der Waals surface area contributed by atoms with Crippen molar-refractivity contribution in [3.05, 3.63) is 102 Å². The zero-order valence-electron chi connectivity index (χ0n) is 17.2. The predicted molar refractivity (Wildman–Crippen MR) is 118 cm³/mol. The normalized spacial score (nSPS) is 16.7. The number of aliphatic hydroxyl groups excluding tert-OH is 1. The number of aliphatic hydroxyl groups is 1. The summed E-state index contributed by atoms with van der Waals surface area (Å²) in [6.07, 6.45) is 1.28. The molecule has 3 aromatic rings. The lowest BCUT2D eigenvalue weighted by Gasteiger charge is -2.39. The molecule has 30 heavy (non-hydrogen) atoms. The van der Waals surface area contributed by atoms with Crippen LogP contribution in [0.25, 0.3) is 0 Å². The summed E-state index contributed by atoms with van der Waals surface area (Å²) in [5, 5.41) is 14.1. The van der Waals surface area contributed by atoms with Gasteiger partial charge in [-0.3, -0.25) is 0 Å². The number of hydrogen-bond donors (Lipinski definition) is 2. The first-order valence-corrected chi connectivity index (χ1v) is 10.6. The van der Waals surface area contributed by atoms with Crippen LogP contribution in [-0.4, -0.2) is 24.5 Å². The molecule has 1 aliphatic heterocycles. The molecule has 0 aromatic heterocycles. The van der Waals surface area contributed by atoms with Crippen LogP contribution in [0.15, 0.2) is 84.9 Å². The summed E-state index contributed by atoms with van der Waals surface area (Å²) in [4.78, 5) is 0. The van der Waals surface area contributed by atoms with Gasteiger partial charge in [0.2, 0.25) is 0 Å². The number of rotatable bonds is 8. The molecule has 4 nitrogen and oxygen atoms in total. The molecule has 0 radical (unpaired) electrons. The zero-order chi connectivity index (χ0) is 20.7. The molecule has 1 unspecified atom stereocenters. The Morgan fingerprint density at radius 1 is 0.800 bits per heavy atom. The second-order valence-corrected chi connectivity index (χ2v) is 7.81. The average molecular weight is 404 g/mol. The van der Waals surface area contributed by atoms with Crippen molar-refractivity contribution in [1.82, 2.24) is 5.32 Å².